The minimum Gasteiger partial charge on any atom is -0.352 e. The first-order valence-corrected chi connectivity index (χ1v) is 15.8. The fraction of sp³-hybridized carbons (Fsp3) is 0.355. The lowest BCUT2D eigenvalue weighted by Crippen LogP contribution is -2.52. The number of alkyl halides is 3. The van der Waals surface area contributed by atoms with E-state index in [1.165, 1.54) is 55.5 Å². The maximum Gasteiger partial charge on any atom is 0.417 e. The summed E-state index contributed by atoms with van der Waals surface area (Å²) in [7, 11) is -4.59. The Balaban J connectivity index is 1.75. The van der Waals surface area contributed by atoms with Crippen LogP contribution in [-0.4, -0.2) is 43.8 Å². The molecule has 1 saturated carbocycles. The van der Waals surface area contributed by atoms with Crippen molar-refractivity contribution in [2.45, 2.75) is 69.2 Å². The van der Waals surface area contributed by atoms with E-state index in [1.54, 1.807) is 6.92 Å². The number of aryl methyl sites for hydroxylation is 1. The number of rotatable bonds is 10. The van der Waals surface area contributed by atoms with Crippen molar-refractivity contribution < 1.29 is 35.6 Å². The molecule has 0 saturated heterocycles. The SMILES string of the molecule is Cc1ccc(S(=O)(=O)N(CC(=O)N(Cc2ccc(F)cc2)C(C)C(=O)NC2CCCC2)c2ccc(Cl)c(C(F)(F)F)c2)cc1. The molecule has 0 bridgehead atoms. The van der Waals surface area contributed by atoms with E-state index in [4.69, 9.17) is 11.6 Å². The van der Waals surface area contributed by atoms with Crippen LogP contribution in [0.2, 0.25) is 5.02 Å². The van der Waals surface area contributed by atoms with E-state index in [0.29, 0.717) is 15.9 Å². The number of hydrogen-bond acceptors (Lipinski definition) is 4. The van der Waals surface area contributed by atoms with Crippen molar-refractivity contribution in [1.29, 1.82) is 0 Å². The summed E-state index contributed by atoms with van der Waals surface area (Å²) in [4.78, 5) is 28.1. The van der Waals surface area contributed by atoms with Gasteiger partial charge in [0.25, 0.3) is 10.0 Å². The third kappa shape index (κ3) is 7.89. The Labute approximate surface area is 258 Å². The Morgan fingerprint density at radius 3 is 2.20 bits per heavy atom. The average molecular weight is 654 g/mol. The predicted octanol–water partition coefficient (Wildman–Crippen LogP) is 6.48. The largest absolute Gasteiger partial charge is 0.417 e. The van der Waals surface area contributed by atoms with Crippen LogP contribution in [0.15, 0.2) is 71.6 Å². The molecule has 1 fully saturated rings. The van der Waals surface area contributed by atoms with Gasteiger partial charge in [-0.15, -0.1) is 0 Å². The van der Waals surface area contributed by atoms with Crippen LogP contribution in [0.3, 0.4) is 0 Å². The van der Waals surface area contributed by atoms with Gasteiger partial charge in [-0.25, -0.2) is 12.8 Å². The second-order valence-corrected chi connectivity index (χ2v) is 13.1. The highest BCUT2D eigenvalue weighted by atomic mass is 35.5. The van der Waals surface area contributed by atoms with Gasteiger partial charge in [0.05, 0.1) is 21.2 Å². The topological polar surface area (TPSA) is 86.8 Å². The molecular weight excluding hydrogens is 622 g/mol. The van der Waals surface area contributed by atoms with E-state index in [2.05, 4.69) is 5.32 Å². The summed E-state index contributed by atoms with van der Waals surface area (Å²) < 4.78 is 83.3. The molecule has 1 N–H and O–H groups in total. The molecule has 7 nitrogen and oxygen atoms in total. The molecular formula is C31H32ClF4N3O4S. The summed E-state index contributed by atoms with van der Waals surface area (Å²) in [5.41, 5.74) is -0.523. The van der Waals surface area contributed by atoms with Crippen LogP contribution in [0.4, 0.5) is 23.2 Å². The zero-order valence-corrected chi connectivity index (χ0v) is 25.6. The Morgan fingerprint density at radius 1 is 1.00 bits per heavy atom. The molecule has 44 heavy (non-hydrogen) atoms. The van der Waals surface area contributed by atoms with E-state index in [-0.39, 0.29) is 17.5 Å². The molecule has 236 valence electrons. The van der Waals surface area contributed by atoms with Gasteiger partial charge in [-0.3, -0.25) is 13.9 Å². The zero-order valence-electron chi connectivity index (χ0n) is 24.1. The number of amides is 2. The number of carbonyl (C=O) groups excluding carboxylic acids is 2. The molecule has 1 atom stereocenters. The molecule has 0 aromatic heterocycles. The van der Waals surface area contributed by atoms with Crippen molar-refractivity contribution in [2.75, 3.05) is 10.8 Å². The molecule has 3 aromatic rings. The second-order valence-electron chi connectivity index (χ2n) is 10.8. The summed E-state index contributed by atoms with van der Waals surface area (Å²) in [6.45, 7) is 2.09. The van der Waals surface area contributed by atoms with Gasteiger partial charge < -0.3 is 10.2 Å². The number of benzene rings is 3. The lowest BCUT2D eigenvalue weighted by molar-refractivity contribution is -0.139. The van der Waals surface area contributed by atoms with Crippen LogP contribution in [0.25, 0.3) is 0 Å². The summed E-state index contributed by atoms with van der Waals surface area (Å²) in [5.74, 6) is -1.84. The number of sulfonamides is 1. The quantitative estimate of drug-likeness (QED) is 0.254. The molecule has 0 aliphatic heterocycles. The van der Waals surface area contributed by atoms with Crippen molar-refractivity contribution in [3.63, 3.8) is 0 Å². The molecule has 0 spiro atoms. The molecule has 1 aliphatic rings. The second kappa shape index (κ2) is 13.6. The van der Waals surface area contributed by atoms with E-state index >= 15 is 0 Å². The lowest BCUT2D eigenvalue weighted by Gasteiger charge is -2.32. The minimum absolute atomic E-state index is 0.0685. The van der Waals surface area contributed by atoms with Crippen LogP contribution in [0, 0.1) is 12.7 Å². The molecule has 3 aromatic carbocycles. The first-order chi connectivity index (χ1) is 20.7. The first-order valence-electron chi connectivity index (χ1n) is 14.0. The Bertz CT molecular complexity index is 1590. The summed E-state index contributed by atoms with van der Waals surface area (Å²) in [6, 6.07) is 12.2. The first kappa shape index (κ1) is 33.3. The Hall–Kier alpha value is -3.64. The van der Waals surface area contributed by atoms with E-state index < -0.39 is 62.7 Å². The number of nitrogens with zero attached hydrogens (tertiary/aromatic N) is 2. The van der Waals surface area contributed by atoms with Gasteiger partial charge in [-0.05, 0) is 74.7 Å². The van der Waals surface area contributed by atoms with Crippen LogP contribution in [-0.2, 0) is 32.3 Å². The van der Waals surface area contributed by atoms with Crippen molar-refractivity contribution >= 4 is 39.1 Å². The summed E-state index contributed by atoms with van der Waals surface area (Å²) in [6.07, 6.45) is -1.44. The van der Waals surface area contributed by atoms with Gasteiger partial charge in [-0.2, -0.15) is 13.2 Å². The van der Waals surface area contributed by atoms with Gasteiger partial charge in [0.2, 0.25) is 11.8 Å². The number of nitrogens with one attached hydrogen (secondary N) is 1. The van der Waals surface area contributed by atoms with E-state index in [9.17, 15) is 35.6 Å². The average Bonchev–Trinajstić information content (AvgIpc) is 3.48. The highest BCUT2D eigenvalue weighted by Crippen LogP contribution is 2.38. The Morgan fingerprint density at radius 2 is 1.61 bits per heavy atom. The molecule has 0 heterocycles. The third-order valence-electron chi connectivity index (χ3n) is 7.57. The monoisotopic (exact) mass is 653 g/mol. The van der Waals surface area contributed by atoms with Crippen LogP contribution in [0.1, 0.15) is 49.3 Å². The standard InChI is InChI=1S/C31H32ClF4N3O4S/c1-20-7-14-26(15-8-20)44(42,43)39(25-13-16-28(32)27(17-25)31(34,35)36)19-29(40)38(18-22-9-11-23(33)12-10-22)21(2)30(41)37-24-5-3-4-6-24/h7-17,21,24H,3-6,18-19H2,1-2H3,(H,37,41). The zero-order chi connectivity index (χ0) is 32.2. The molecule has 2 amide bonds. The van der Waals surface area contributed by atoms with Gasteiger partial charge in [0.1, 0.15) is 18.4 Å². The van der Waals surface area contributed by atoms with Crippen molar-refractivity contribution in [3.05, 3.63) is 94.3 Å². The van der Waals surface area contributed by atoms with Gasteiger partial charge in [0.15, 0.2) is 0 Å². The highest BCUT2D eigenvalue weighted by molar-refractivity contribution is 7.92. The van der Waals surface area contributed by atoms with Crippen LogP contribution >= 0.6 is 11.6 Å². The van der Waals surface area contributed by atoms with E-state index in [0.717, 1.165) is 48.3 Å². The third-order valence-corrected chi connectivity index (χ3v) is 9.68. The maximum atomic E-state index is 14.0. The van der Waals surface area contributed by atoms with Crippen LogP contribution < -0.4 is 9.62 Å². The van der Waals surface area contributed by atoms with Crippen molar-refractivity contribution in [3.8, 4) is 0 Å². The Kier molecular flexibility index (Phi) is 10.2. The lowest BCUT2D eigenvalue weighted by atomic mass is 10.1. The predicted molar refractivity (Wildman–Crippen MR) is 159 cm³/mol. The smallest absolute Gasteiger partial charge is 0.352 e. The fourth-order valence-corrected chi connectivity index (χ4v) is 6.64. The number of hydrogen-bond donors (Lipinski definition) is 1. The summed E-state index contributed by atoms with van der Waals surface area (Å²) in [5, 5.41) is 2.28. The van der Waals surface area contributed by atoms with Crippen LogP contribution in [0.5, 0.6) is 0 Å². The minimum atomic E-state index is -4.90. The van der Waals surface area contributed by atoms with Gasteiger partial charge in [0, 0.05) is 12.6 Å². The molecule has 4 rings (SSSR count). The van der Waals surface area contributed by atoms with Gasteiger partial charge in [-0.1, -0.05) is 54.3 Å². The highest BCUT2D eigenvalue weighted by Gasteiger charge is 2.37. The van der Waals surface area contributed by atoms with Gasteiger partial charge >= 0.3 is 6.18 Å². The molecule has 1 unspecified atom stereocenters. The van der Waals surface area contributed by atoms with E-state index in [1.807, 2.05) is 0 Å². The molecule has 1 aliphatic carbocycles. The number of halogens is 5. The van der Waals surface area contributed by atoms with Crippen molar-refractivity contribution in [2.24, 2.45) is 0 Å². The number of anilines is 1. The summed E-state index contributed by atoms with van der Waals surface area (Å²) >= 11 is 5.80. The number of carbonyl (C=O) groups is 2. The maximum absolute atomic E-state index is 14.0. The molecule has 13 heteroatoms. The molecule has 0 radical (unpaired) electrons. The normalized spacial score (nSPS) is 14.7. The van der Waals surface area contributed by atoms with Crippen molar-refractivity contribution in [1.82, 2.24) is 10.2 Å². The fourth-order valence-electron chi connectivity index (χ4n) is 5.01.